The van der Waals surface area contributed by atoms with E-state index in [0.29, 0.717) is 5.56 Å². The molecule has 92 valence electrons. The van der Waals surface area contributed by atoms with Crippen molar-refractivity contribution in [3.63, 3.8) is 0 Å². The first kappa shape index (κ1) is 12.4. The third-order valence-corrected chi connectivity index (χ3v) is 2.97. The molecule has 0 unspecified atom stereocenters. The van der Waals surface area contributed by atoms with Crippen LogP contribution in [-0.2, 0) is 0 Å². The fourth-order valence-electron chi connectivity index (χ4n) is 2.04. The predicted molar refractivity (Wildman–Crippen MR) is 75.7 cm³/mol. The Morgan fingerprint density at radius 1 is 1.06 bits per heavy atom. The van der Waals surface area contributed by atoms with E-state index in [-0.39, 0.29) is 0 Å². The molecule has 0 amide bonds. The second-order valence-electron chi connectivity index (χ2n) is 4.29. The van der Waals surface area contributed by atoms with Crippen LogP contribution in [0.3, 0.4) is 0 Å². The molecule has 0 bridgehead atoms. The summed E-state index contributed by atoms with van der Waals surface area (Å²) in [5.74, 6) is 0. The van der Waals surface area contributed by atoms with Crippen molar-refractivity contribution < 1.29 is 4.79 Å². The Morgan fingerprint density at radius 2 is 1.78 bits per heavy atom. The molecule has 0 aliphatic heterocycles. The molecule has 0 atom stereocenters. The molecule has 2 rings (SSSR count). The Kier molecular flexibility index (Phi) is 3.78. The van der Waals surface area contributed by atoms with E-state index in [1.165, 1.54) is 11.3 Å². The van der Waals surface area contributed by atoms with Gasteiger partial charge in [-0.2, -0.15) is 0 Å². The molecule has 2 nitrogen and oxygen atoms in total. The van der Waals surface area contributed by atoms with Crippen LogP contribution in [0.5, 0.6) is 0 Å². The van der Waals surface area contributed by atoms with Gasteiger partial charge in [-0.25, -0.2) is 0 Å². The van der Waals surface area contributed by atoms with Crippen LogP contribution < -0.4 is 4.90 Å². The van der Waals surface area contributed by atoms with Gasteiger partial charge in [-0.3, -0.25) is 4.79 Å². The smallest absolute Gasteiger partial charge is 0.150 e. The van der Waals surface area contributed by atoms with Crippen LogP contribution in [0.25, 0.3) is 0 Å². The zero-order chi connectivity index (χ0) is 13.0. The van der Waals surface area contributed by atoms with Crippen LogP contribution >= 0.6 is 0 Å². The van der Waals surface area contributed by atoms with E-state index < -0.39 is 0 Å². The molecule has 2 heteroatoms. The van der Waals surface area contributed by atoms with Crippen LogP contribution in [0.4, 0.5) is 11.4 Å². The molecule has 0 aliphatic rings. The molecular weight excluding hydrogens is 222 g/mol. The molecule has 0 N–H and O–H groups in total. The maximum absolute atomic E-state index is 10.7. The first-order valence-corrected chi connectivity index (χ1v) is 6.14. The number of rotatable bonds is 4. The number of hydrogen-bond acceptors (Lipinski definition) is 2. The van der Waals surface area contributed by atoms with Crippen LogP contribution in [-0.4, -0.2) is 12.8 Å². The normalized spacial score (nSPS) is 10.1. The SMILES string of the molecule is CCN(c1ccc(C=O)cc1)c1cccc(C)c1. The minimum atomic E-state index is 0.707. The summed E-state index contributed by atoms with van der Waals surface area (Å²) < 4.78 is 0. The number of anilines is 2. The lowest BCUT2D eigenvalue weighted by molar-refractivity contribution is 0.112. The van der Waals surface area contributed by atoms with Crippen molar-refractivity contribution in [3.8, 4) is 0 Å². The highest BCUT2D eigenvalue weighted by Gasteiger charge is 2.06. The van der Waals surface area contributed by atoms with Crippen LogP contribution in [0.15, 0.2) is 48.5 Å². The topological polar surface area (TPSA) is 20.3 Å². The van der Waals surface area contributed by atoms with Gasteiger partial charge in [0.2, 0.25) is 0 Å². The van der Waals surface area contributed by atoms with Gasteiger partial charge in [-0.15, -0.1) is 0 Å². The monoisotopic (exact) mass is 239 g/mol. The number of aldehydes is 1. The molecule has 18 heavy (non-hydrogen) atoms. The summed E-state index contributed by atoms with van der Waals surface area (Å²) in [5.41, 5.74) is 4.24. The van der Waals surface area contributed by atoms with E-state index in [1.54, 1.807) is 0 Å². The van der Waals surface area contributed by atoms with Crippen molar-refractivity contribution in [1.82, 2.24) is 0 Å². The Morgan fingerprint density at radius 3 is 2.33 bits per heavy atom. The van der Waals surface area contributed by atoms with E-state index in [1.807, 2.05) is 24.3 Å². The van der Waals surface area contributed by atoms with Gasteiger partial charge in [-0.05, 0) is 55.8 Å². The Hall–Kier alpha value is -2.09. The molecule has 2 aromatic rings. The Labute approximate surface area is 108 Å². The van der Waals surface area contributed by atoms with E-state index in [4.69, 9.17) is 0 Å². The van der Waals surface area contributed by atoms with Crippen molar-refractivity contribution >= 4 is 17.7 Å². The molecular formula is C16H17NO. The number of nitrogens with zero attached hydrogens (tertiary/aromatic N) is 1. The molecule has 0 saturated heterocycles. The highest BCUT2D eigenvalue weighted by Crippen LogP contribution is 2.25. The van der Waals surface area contributed by atoms with Crippen molar-refractivity contribution in [1.29, 1.82) is 0 Å². The summed E-state index contributed by atoms with van der Waals surface area (Å²) in [6.07, 6.45) is 0.868. The average Bonchev–Trinajstić information content (AvgIpc) is 2.40. The lowest BCUT2D eigenvalue weighted by Crippen LogP contribution is -2.15. The quantitative estimate of drug-likeness (QED) is 0.752. The lowest BCUT2D eigenvalue weighted by Gasteiger charge is -2.23. The molecule has 0 saturated carbocycles. The lowest BCUT2D eigenvalue weighted by atomic mass is 10.1. The number of hydrogen-bond donors (Lipinski definition) is 0. The summed E-state index contributed by atoms with van der Waals surface area (Å²) in [4.78, 5) is 12.9. The van der Waals surface area contributed by atoms with Gasteiger partial charge in [0.25, 0.3) is 0 Å². The third-order valence-electron chi connectivity index (χ3n) is 2.97. The van der Waals surface area contributed by atoms with E-state index in [2.05, 4.69) is 43.0 Å². The standard InChI is InChI=1S/C16H17NO/c1-3-17(16-6-4-5-13(2)11-16)15-9-7-14(12-18)8-10-15/h4-12H,3H2,1-2H3. The minimum Gasteiger partial charge on any atom is -0.342 e. The van der Waals surface area contributed by atoms with Crippen molar-refractivity contribution in [2.75, 3.05) is 11.4 Å². The highest BCUT2D eigenvalue weighted by atomic mass is 16.1. The minimum absolute atomic E-state index is 0.707. The van der Waals surface area contributed by atoms with Gasteiger partial charge in [0, 0.05) is 23.5 Å². The van der Waals surface area contributed by atoms with Crippen LogP contribution in [0, 0.1) is 6.92 Å². The summed E-state index contributed by atoms with van der Waals surface area (Å²) in [7, 11) is 0. The zero-order valence-electron chi connectivity index (χ0n) is 10.8. The molecule has 0 heterocycles. The van der Waals surface area contributed by atoms with Crippen molar-refractivity contribution in [2.24, 2.45) is 0 Å². The first-order valence-electron chi connectivity index (χ1n) is 6.14. The maximum Gasteiger partial charge on any atom is 0.150 e. The average molecular weight is 239 g/mol. The molecule has 0 aliphatic carbocycles. The van der Waals surface area contributed by atoms with Crippen LogP contribution in [0.1, 0.15) is 22.8 Å². The van der Waals surface area contributed by atoms with Gasteiger partial charge in [0.15, 0.2) is 0 Å². The Bertz CT molecular complexity index is 531. The van der Waals surface area contributed by atoms with Gasteiger partial charge in [0.05, 0.1) is 0 Å². The second kappa shape index (κ2) is 5.50. The molecule has 0 fully saturated rings. The third kappa shape index (κ3) is 2.59. The molecule has 2 aromatic carbocycles. The van der Waals surface area contributed by atoms with Crippen molar-refractivity contribution in [2.45, 2.75) is 13.8 Å². The molecule has 0 radical (unpaired) electrons. The van der Waals surface area contributed by atoms with Gasteiger partial charge in [-0.1, -0.05) is 12.1 Å². The number of benzene rings is 2. The number of carbonyl (C=O) groups excluding carboxylic acids is 1. The first-order chi connectivity index (χ1) is 8.74. The largest absolute Gasteiger partial charge is 0.342 e. The maximum atomic E-state index is 10.7. The molecule has 0 spiro atoms. The fourth-order valence-corrected chi connectivity index (χ4v) is 2.04. The zero-order valence-corrected chi connectivity index (χ0v) is 10.8. The van der Waals surface area contributed by atoms with Gasteiger partial charge >= 0.3 is 0 Å². The fraction of sp³-hybridized carbons (Fsp3) is 0.188. The number of aryl methyl sites for hydroxylation is 1. The van der Waals surface area contributed by atoms with Crippen molar-refractivity contribution in [3.05, 3.63) is 59.7 Å². The van der Waals surface area contributed by atoms with Gasteiger partial charge in [0.1, 0.15) is 6.29 Å². The number of carbonyl (C=O) groups is 1. The van der Waals surface area contributed by atoms with E-state index in [0.717, 1.165) is 18.5 Å². The summed E-state index contributed by atoms with van der Waals surface area (Å²) in [5, 5.41) is 0. The van der Waals surface area contributed by atoms with Gasteiger partial charge < -0.3 is 4.90 Å². The highest BCUT2D eigenvalue weighted by molar-refractivity contribution is 5.76. The van der Waals surface area contributed by atoms with E-state index in [9.17, 15) is 4.79 Å². The predicted octanol–water partition coefficient (Wildman–Crippen LogP) is 3.97. The Balaban J connectivity index is 2.35. The molecule has 0 aromatic heterocycles. The summed E-state index contributed by atoms with van der Waals surface area (Å²) in [6.45, 7) is 5.10. The second-order valence-corrected chi connectivity index (χ2v) is 4.29. The van der Waals surface area contributed by atoms with Crippen LogP contribution in [0.2, 0.25) is 0 Å². The summed E-state index contributed by atoms with van der Waals surface area (Å²) >= 11 is 0. The summed E-state index contributed by atoms with van der Waals surface area (Å²) in [6, 6.07) is 16.1. The van der Waals surface area contributed by atoms with E-state index >= 15 is 0 Å².